The Hall–Kier alpha value is -3.72. The molecule has 0 atom stereocenters. The quantitative estimate of drug-likeness (QED) is 0.395. The minimum absolute atomic E-state index is 0.252. The van der Waals surface area contributed by atoms with Crippen molar-refractivity contribution in [2.45, 2.75) is 6.92 Å². The van der Waals surface area contributed by atoms with Crippen LogP contribution in [-0.2, 0) is 0 Å². The third kappa shape index (κ3) is 5.20. The zero-order chi connectivity index (χ0) is 23.4. The number of halogens is 2. The monoisotopic (exact) mass is 468 g/mol. The van der Waals surface area contributed by atoms with Crippen LogP contribution in [0.2, 0.25) is 5.02 Å². The van der Waals surface area contributed by atoms with Crippen LogP contribution in [0.3, 0.4) is 0 Å². The minimum Gasteiger partial charge on any atom is -0.493 e. The van der Waals surface area contributed by atoms with Crippen molar-refractivity contribution < 1.29 is 13.9 Å². The van der Waals surface area contributed by atoms with E-state index in [0.29, 0.717) is 46.4 Å². The first-order valence-electron chi connectivity index (χ1n) is 10.1. The number of nitrogens with one attached hydrogen (secondary N) is 1. The van der Waals surface area contributed by atoms with Crippen molar-refractivity contribution in [1.82, 2.24) is 19.9 Å². The topological polar surface area (TPSA) is 85.3 Å². The summed E-state index contributed by atoms with van der Waals surface area (Å²) >= 11 is 5.84. The molecule has 10 heteroatoms. The highest BCUT2D eigenvalue weighted by molar-refractivity contribution is 6.30. The fourth-order valence-corrected chi connectivity index (χ4v) is 3.37. The number of ether oxygens (including phenoxy) is 2. The largest absolute Gasteiger partial charge is 0.493 e. The van der Waals surface area contributed by atoms with E-state index in [-0.39, 0.29) is 5.69 Å². The Morgan fingerprint density at radius 1 is 1.03 bits per heavy atom. The van der Waals surface area contributed by atoms with Gasteiger partial charge in [-0.3, -0.25) is 0 Å². The lowest BCUT2D eigenvalue weighted by molar-refractivity contribution is 0.301. The van der Waals surface area contributed by atoms with Gasteiger partial charge in [0.25, 0.3) is 0 Å². The molecule has 0 bridgehead atoms. The molecule has 2 aromatic carbocycles. The summed E-state index contributed by atoms with van der Waals surface area (Å²) in [5.41, 5.74) is 1.77. The van der Waals surface area contributed by atoms with Crippen molar-refractivity contribution >= 4 is 39.8 Å². The number of anilines is 3. The zero-order valence-electron chi connectivity index (χ0n) is 18.3. The van der Waals surface area contributed by atoms with Gasteiger partial charge in [0.1, 0.15) is 36.7 Å². The molecule has 170 valence electrons. The molecule has 0 unspecified atom stereocenters. The molecular formula is C23H22ClFN6O2. The number of rotatable bonds is 8. The molecule has 1 N–H and O–H groups in total. The average Bonchev–Trinajstić information content (AvgIpc) is 2.80. The summed E-state index contributed by atoms with van der Waals surface area (Å²) in [5.74, 6) is 1.82. The third-order valence-corrected chi connectivity index (χ3v) is 5.20. The van der Waals surface area contributed by atoms with E-state index in [9.17, 15) is 4.39 Å². The Balaban J connectivity index is 1.54. The van der Waals surface area contributed by atoms with E-state index in [1.807, 2.05) is 24.9 Å². The van der Waals surface area contributed by atoms with Gasteiger partial charge in [0, 0.05) is 35.3 Å². The summed E-state index contributed by atoms with van der Waals surface area (Å²) in [4.78, 5) is 19.0. The first kappa shape index (κ1) is 22.5. The summed E-state index contributed by atoms with van der Waals surface area (Å²) in [6.07, 6.45) is 2.94. The van der Waals surface area contributed by atoms with Gasteiger partial charge in [-0.15, -0.1) is 0 Å². The summed E-state index contributed by atoms with van der Waals surface area (Å²) in [5, 5.41) is 3.97. The maximum Gasteiger partial charge on any atom is 0.163 e. The van der Waals surface area contributed by atoms with Crippen LogP contribution in [0.15, 0.2) is 49.1 Å². The smallest absolute Gasteiger partial charge is 0.163 e. The second-order valence-corrected chi connectivity index (χ2v) is 7.72. The summed E-state index contributed by atoms with van der Waals surface area (Å²) in [6.45, 7) is 2.92. The highest BCUT2D eigenvalue weighted by atomic mass is 35.5. The van der Waals surface area contributed by atoms with Crippen molar-refractivity contribution in [3.8, 4) is 11.5 Å². The predicted molar refractivity (Wildman–Crippen MR) is 126 cm³/mol. The number of fused-ring (bicyclic) bond motifs is 1. The average molecular weight is 469 g/mol. The molecule has 2 aromatic heterocycles. The third-order valence-electron chi connectivity index (χ3n) is 4.97. The van der Waals surface area contributed by atoms with Gasteiger partial charge in [0.05, 0.1) is 24.9 Å². The number of aromatic nitrogens is 4. The SMILES string of the molecule is COc1cc2c(Nc3ccc(Cl)cc3F)ncnc2cc1OCCN(C)c1cc(C)ncn1. The first-order valence-corrected chi connectivity index (χ1v) is 10.5. The van der Waals surface area contributed by atoms with Gasteiger partial charge < -0.3 is 19.7 Å². The lowest BCUT2D eigenvalue weighted by Crippen LogP contribution is -2.24. The van der Waals surface area contributed by atoms with Crippen LogP contribution >= 0.6 is 11.6 Å². The van der Waals surface area contributed by atoms with E-state index in [1.165, 1.54) is 18.7 Å². The fraction of sp³-hybridized carbons (Fsp3) is 0.217. The second kappa shape index (κ2) is 9.83. The van der Waals surface area contributed by atoms with Crippen LogP contribution in [0.5, 0.6) is 11.5 Å². The standard InChI is InChI=1S/C23H22ClFN6O2/c1-14-8-22(28-12-26-14)31(2)6-7-33-21-11-19-16(10-20(21)32-3)23(29-13-27-19)30-18-5-4-15(24)9-17(18)25/h4-5,8-13H,6-7H2,1-3H3,(H,27,29,30). The number of benzene rings is 2. The molecule has 0 aliphatic heterocycles. The Kier molecular flexibility index (Phi) is 6.69. The summed E-state index contributed by atoms with van der Waals surface area (Å²) in [7, 11) is 3.49. The maximum atomic E-state index is 14.2. The van der Waals surface area contributed by atoms with Gasteiger partial charge >= 0.3 is 0 Å². The number of aryl methyl sites for hydroxylation is 1. The molecule has 0 saturated carbocycles. The number of methoxy groups -OCH3 is 1. The van der Waals surface area contributed by atoms with Crippen molar-refractivity contribution in [2.24, 2.45) is 0 Å². The van der Waals surface area contributed by atoms with Crippen molar-refractivity contribution in [3.63, 3.8) is 0 Å². The van der Waals surface area contributed by atoms with Gasteiger partial charge in [-0.2, -0.15) is 0 Å². The van der Waals surface area contributed by atoms with Crippen LogP contribution in [0.1, 0.15) is 5.69 Å². The summed E-state index contributed by atoms with van der Waals surface area (Å²) in [6, 6.07) is 9.83. The van der Waals surface area contributed by atoms with E-state index in [4.69, 9.17) is 21.1 Å². The molecule has 0 aliphatic carbocycles. The Labute approximate surface area is 195 Å². The Morgan fingerprint density at radius 3 is 2.61 bits per heavy atom. The van der Waals surface area contributed by atoms with Crippen LogP contribution in [0.25, 0.3) is 10.9 Å². The molecule has 0 aliphatic rings. The van der Waals surface area contributed by atoms with E-state index in [2.05, 4.69) is 25.3 Å². The highest BCUT2D eigenvalue weighted by Crippen LogP contribution is 2.35. The molecule has 0 radical (unpaired) electrons. The van der Waals surface area contributed by atoms with E-state index >= 15 is 0 Å². The molecule has 4 aromatic rings. The lowest BCUT2D eigenvalue weighted by atomic mass is 10.2. The van der Waals surface area contributed by atoms with Gasteiger partial charge in [-0.25, -0.2) is 24.3 Å². The molecule has 0 fully saturated rings. The normalized spacial score (nSPS) is 10.8. The number of nitrogens with zero attached hydrogens (tertiary/aromatic N) is 5. The molecular weight excluding hydrogens is 447 g/mol. The Morgan fingerprint density at radius 2 is 1.85 bits per heavy atom. The molecule has 0 spiro atoms. The van der Waals surface area contributed by atoms with Crippen molar-refractivity contribution in [3.05, 3.63) is 65.6 Å². The van der Waals surface area contributed by atoms with E-state index < -0.39 is 5.82 Å². The van der Waals surface area contributed by atoms with E-state index in [1.54, 1.807) is 31.4 Å². The van der Waals surface area contributed by atoms with Crippen LogP contribution in [0.4, 0.5) is 21.7 Å². The molecule has 0 amide bonds. The fourth-order valence-electron chi connectivity index (χ4n) is 3.21. The van der Waals surface area contributed by atoms with Gasteiger partial charge in [0.15, 0.2) is 11.5 Å². The molecule has 8 nitrogen and oxygen atoms in total. The maximum absolute atomic E-state index is 14.2. The minimum atomic E-state index is -0.482. The Bertz CT molecular complexity index is 1290. The van der Waals surface area contributed by atoms with Crippen LogP contribution in [-0.4, -0.2) is 47.2 Å². The molecule has 0 saturated heterocycles. The second-order valence-electron chi connectivity index (χ2n) is 7.28. The molecule has 33 heavy (non-hydrogen) atoms. The van der Waals surface area contributed by atoms with Crippen molar-refractivity contribution in [1.29, 1.82) is 0 Å². The van der Waals surface area contributed by atoms with Crippen LogP contribution < -0.4 is 19.7 Å². The number of likely N-dealkylation sites (N-methyl/N-ethyl adjacent to an activating group) is 1. The first-order chi connectivity index (χ1) is 15.9. The van der Waals surface area contributed by atoms with E-state index in [0.717, 1.165) is 11.5 Å². The highest BCUT2D eigenvalue weighted by Gasteiger charge is 2.14. The summed E-state index contributed by atoms with van der Waals surface area (Å²) < 4.78 is 25.8. The van der Waals surface area contributed by atoms with Crippen molar-refractivity contribution in [2.75, 3.05) is 37.5 Å². The predicted octanol–water partition coefficient (Wildman–Crippen LogP) is 4.79. The lowest BCUT2D eigenvalue weighted by Gasteiger charge is -2.19. The van der Waals surface area contributed by atoms with Crippen LogP contribution in [0, 0.1) is 12.7 Å². The zero-order valence-corrected chi connectivity index (χ0v) is 19.1. The van der Waals surface area contributed by atoms with Gasteiger partial charge in [-0.05, 0) is 31.2 Å². The van der Waals surface area contributed by atoms with Gasteiger partial charge in [0.2, 0.25) is 0 Å². The van der Waals surface area contributed by atoms with Gasteiger partial charge in [-0.1, -0.05) is 11.6 Å². The number of hydrogen-bond acceptors (Lipinski definition) is 8. The molecule has 4 rings (SSSR count). The molecule has 2 heterocycles. The number of hydrogen-bond donors (Lipinski definition) is 1.